The van der Waals surface area contributed by atoms with Crippen LogP contribution in [0.3, 0.4) is 0 Å². The highest BCUT2D eigenvalue weighted by atomic mass is 16.2. The van der Waals surface area contributed by atoms with E-state index in [0.29, 0.717) is 5.69 Å². The Balaban J connectivity index is 2.65. The Kier molecular flexibility index (Phi) is 2.14. The maximum Gasteiger partial charge on any atom is 0.236 e. The first-order chi connectivity index (χ1) is 7.48. The summed E-state index contributed by atoms with van der Waals surface area (Å²) in [5.74, 6) is 0.0561. The molecule has 0 saturated heterocycles. The minimum Gasteiger partial charge on any atom is -0.314 e. The number of hydrogen-bond acceptors (Lipinski definition) is 2. The smallest absolute Gasteiger partial charge is 0.236 e. The van der Waals surface area contributed by atoms with Crippen molar-refractivity contribution in [2.75, 3.05) is 11.9 Å². The van der Waals surface area contributed by atoms with Gasteiger partial charge in [-0.1, -0.05) is 11.2 Å². The highest BCUT2D eigenvalue weighted by Gasteiger charge is 2.42. The Morgan fingerprint density at radius 1 is 1.44 bits per heavy atom. The minimum atomic E-state index is -0.551. The molecule has 1 aromatic rings. The van der Waals surface area contributed by atoms with Crippen molar-refractivity contribution in [3.8, 4) is 0 Å². The lowest BCUT2D eigenvalue weighted by molar-refractivity contribution is -0.121. The monoisotopic (exact) mass is 216 g/mol. The Morgan fingerprint density at radius 2 is 2.12 bits per heavy atom. The van der Waals surface area contributed by atoms with E-state index in [0.717, 1.165) is 11.3 Å². The van der Waals surface area contributed by atoms with Crippen LogP contribution in [-0.2, 0) is 10.2 Å². The molecule has 1 aliphatic heterocycles. The van der Waals surface area contributed by atoms with E-state index in [2.05, 4.69) is 10.0 Å². The zero-order chi connectivity index (χ0) is 11.9. The van der Waals surface area contributed by atoms with E-state index in [1.54, 1.807) is 24.1 Å². The molecule has 5 nitrogen and oxygen atoms in total. The van der Waals surface area contributed by atoms with E-state index in [1.807, 2.05) is 19.9 Å². The number of anilines is 1. The molecular weight excluding hydrogens is 204 g/mol. The van der Waals surface area contributed by atoms with Crippen molar-refractivity contribution in [1.29, 1.82) is 0 Å². The van der Waals surface area contributed by atoms with Crippen molar-refractivity contribution in [2.45, 2.75) is 19.3 Å². The summed E-state index contributed by atoms with van der Waals surface area (Å²) >= 11 is 0. The third-order valence-electron chi connectivity index (χ3n) is 3.01. The van der Waals surface area contributed by atoms with Crippen LogP contribution in [0.5, 0.6) is 0 Å². The summed E-state index contributed by atoms with van der Waals surface area (Å²) in [6.07, 6.45) is 0. The molecule has 0 bridgehead atoms. The molecule has 0 N–H and O–H groups in total. The van der Waals surface area contributed by atoms with E-state index in [-0.39, 0.29) is 5.91 Å². The maximum atomic E-state index is 12.0. The predicted molar refractivity (Wildman–Crippen MR) is 61.7 cm³/mol. The van der Waals surface area contributed by atoms with Crippen LogP contribution in [0.15, 0.2) is 23.3 Å². The van der Waals surface area contributed by atoms with Gasteiger partial charge in [-0.3, -0.25) is 4.79 Å². The van der Waals surface area contributed by atoms with E-state index in [4.69, 9.17) is 5.53 Å². The van der Waals surface area contributed by atoms with Gasteiger partial charge in [-0.15, -0.1) is 0 Å². The molecule has 1 heterocycles. The van der Waals surface area contributed by atoms with Gasteiger partial charge in [0.2, 0.25) is 5.91 Å². The number of likely N-dealkylation sites (N-methyl/N-ethyl adjacent to an activating group) is 1. The quantitative estimate of drug-likeness (QED) is 0.404. The van der Waals surface area contributed by atoms with Crippen LogP contribution in [0.4, 0.5) is 11.4 Å². The lowest BCUT2D eigenvalue weighted by Crippen LogP contribution is -2.33. The molecule has 1 amide bonds. The molecule has 0 aliphatic carbocycles. The van der Waals surface area contributed by atoms with Crippen LogP contribution >= 0.6 is 0 Å². The van der Waals surface area contributed by atoms with E-state index >= 15 is 0 Å². The van der Waals surface area contributed by atoms with Gasteiger partial charge < -0.3 is 4.90 Å². The number of rotatable bonds is 1. The first-order valence-electron chi connectivity index (χ1n) is 4.96. The van der Waals surface area contributed by atoms with Gasteiger partial charge >= 0.3 is 0 Å². The molecular formula is C11H12N4O. The first kappa shape index (κ1) is 10.5. The third kappa shape index (κ3) is 1.26. The molecule has 5 heteroatoms. The Labute approximate surface area is 93.3 Å². The molecule has 82 valence electrons. The maximum absolute atomic E-state index is 12.0. The average molecular weight is 216 g/mol. The second-order valence-corrected chi connectivity index (χ2v) is 4.38. The predicted octanol–water partition coefficient (Wildman–Crippen LogP) is 2.88. The van der Waals surface area contributed by atoms with Gasteiger partial charge in [0.05, 0.1) is 5.41 Å². The second kappa shape index (κ2) is 3.25. The van der Waals surface area contributed by atoms with Gasteiger partial charge in [0, 0.05) is 23.3 Å². The molecule has 16 heavy (non-hydrogen) atoms. The molecule has 1 aromatic carbocycles. The van der Waals surface area contributed by atoms with Crippen LogP contribution < -0.4 is 4.90 Å². The lowest BCUT2D eigenvalue weighted by atomic mass is 9.86. The molecule has 2 rings (SSSR count). The summed E-state index contributed by atoms with van der Waals surface area (Å²) < 4.78 is 0. The number of carbonyl (C=O) groups excluding carboxylic acids is 1. The number of carbonyl (C=O) groups is 1. The van der Waals surface area contributed by atoms with Crippen molar-refractivity contribution >= 4 is 17.3 Å². The second-order valence-electron chi connectivity index (χ2n) is 4.38. The van der Waals surface area contributed by atoms with E-state index in [9.17, 15) is 4.79 Å². The third-order valence-corrected chi connectivity index (χ3v) is 3.01. The SMILES string of the molecule is CN1C(=O)C(C)(C)c2cc(N=[N+]=[N-])ccc21. The summed E-state index contributed by atoms with van der Waals surface area (Å²) in [5.41, 5.74) is 10.2. The zero-order valence-electron chi connectivity index (χ0n) is 9.43. The number of azide groups is 1. The van der Waals surface area contributed by atoms with Crippen LogP contribution in [0.1, 0.15) is 19.4 Å². The van der Waals surface area contributed by atoms with Crippen LogP contribution in [0.2, 0.25) is 0 Å². The van der Waals surface area contributed by atoms with Gasteiger partial charge in [0.15, 0.2) is 0 Å². The first-order valence-corrected chi connectivity index (χ1v) is 4.96. The van der Waals surface area contributed by atoms with Crippen LogP contribution in [0, 0.1) is 0 Å². The molecule has 0 atom stereocenters. The fraction of sp³-hybridized carbons (Fsp3) is 0.364. The van der Waals surface area contributed by atoms with Crippen molar-refractivity contribution in [3.05, 3.63) is 34.2 Å². The molecule has 0 radical (unpaired) electrons. The normalized spacial score (nSPS) is 16.9. The zero-order valence-corrected chi connectivity index (χ0v) is 9.43. The van der Waals surface area contributed by atoms with Crippen LogP contribution in [0.25, 0.3) is 10.4 Å². The Hall–Kier alpha value is -2.00. The summed E-state index contributed by atoms with van der Waals surface area (Å²) in [4.78, 5) is 16.4. The number of benzene rings is 1. The van der Waals surface area contributed by atoms with Gasteiger partial charge in [-0.2, -0.15) is 0 Å². The highest BCUT2D eigenvalue weighted by molar-refractivity contribution is 6.07. The fourth-order valence-electron chi connectivity index (χ4n) is 2.07. The van der Waals surface area contributed by atoms with Gasteiger partial charge in [-0.05, 0) is 37.1 Å². The van der Waals surface area contributed by atoms with Crippen molar-refractivity contribution in [3.63, 3.8) is 0 Å². The highest BCUT2D eigenvalue weighted by Crippen LogP contribution is 2.42. The molecule has 0 fully saturated rings. The number of hydrogen-bond donors (Lipinski definition) is 0. The summed E-state index contributed by atoms with van der Waals surface area (Å²) in [6.45, 7) is 3.75. The summed E-state index contributed by atoms with van der Waals surface area (Å²) in [7, 11) is 1.75. The topological polar surface area (TPSA) is 69.1 Å². The van der Waals surface area contributed by atoms with Gasteiger partial charge in [0.25, 0.3) is 0 Å². The van der Waals surface area contributed by atoms with Gasteiger partial charge in [-0.25, -0.2) is 0 Å². The molecule has 0 spiro atoms. The average Bonchev–Trinajstić information content (AvgIpc) is 2.42. The minimum absolute atomic E-state index is 0.0561. The van der Waals surface area contributed by atoms with Crippen molar-refractivity contribution in [1.82, 2.24) is 0 Å². The number of nitrogens with zero attached hydrogens (tertiary/aromatic N) is 4. The lowest BCUT2D eigenvalue weighted by Gasteiger charge is -2.16. The van der Waals surface area contributed by atoms with Crippen molar-refractivity contribution in [2.24, 2.45) is 5.11 Å². The summed E-state index contributed by atoms with van der Waals surface area (Å²) in [6, 6.07) is 5.30. The van der Waals surface area contributed by atoms with Gasteiger partial charge in [0.1, 0.15) is 0 Å². The molecule has 0 aromatic heterocycles. The van der Waals surface area contributed by atoms with Crippen LogP contribution in [-0.4, -0.2) is 13.0 Å². The van der Waals surface area contributed by atoms with E-state index in [1.165, 1.54) is 0 Å². The summed E-state index contributed by atoms with van der Waals surface area (Å²) in [5, 5.41) is 3.55. The Bertz CT molecular complexity index is 515. The van der Waals surface area contributed by atoms with Crippen molar-refractivity contribution < 1.29 is 4.79 Å². The fourth-order valence-corrected chi connectivity index (χ4v) is 2.07. The molecule has 1 aliphatic rings. The Morgan fingerprint density at radius 3 is 2.75 bits per heavy atom. The standard InChI is InChI=1S/C11H12N4O/c1-11(2)8-6-7(13-14-12)4-5-9(8)15(3)10(11)16/h4-6H,1-3H3. The van der Waals surface area contributed by atoms with E-state index < -0.39 is 5.41 Å². The molecule has 0 unspecified atom stereocenters. The number of amides is 1. The molecule has 0 saturated carbocycles. The largest absolute Gasteiger partial charge is 0.314 e. The number of fused-ring (bicyclic) bond motifs is 1.